The fourth-order valence-electron chi connectivity index (χ4n) is 8.58. The summed E-state index contributed by atoms with van der Waals surface area (Å²) in [4.78, 5) is 11.4. The van der Waals surface area contributed by atoms with Gasteiger partial charge >= 0.3 is 0 Å². The Morgan fingerprint density at radius 1 is 0.464 bits per heavy atom. The molecule has 0 saturated carbocycles. The van der Waals surface area contributed by atoms with Crippen LogP contribution in [0.2, 0.25) is 0 Å². The van der Waals surface area contributed by atoms with Gasteiger partial charge in [0.1, 0.15) is 0 Å². The van der Waals surface area contributed by atoms with Crippen LogP contribution in [0.5, 0.6) is 0 Å². The summed E-state index contributed by atoms with van der Waals surface area (Å²) in [5.74, 6) is 0. The smallest absolute Gasteiger partial charge is 0.0891 e. The molecule has 0 bridgehead atoms. The Morgan fingerprint density at radius 3 is 1.68 bits per heavy atom. The molecule has 3 nitrogen and oxygen atoms in total. The zero-order valence-corrected chi connectivity index (χ0v) is 31.8. The molecule has 3 heteroatoms. The summed E-state index contributed by atoms with van der Waals surface area (Å²) in [5, 5.41) is 0. The average molecular weight is 722 g/mol. The molecule has 0 aliphatic heterocycles. The normalized spacial score (nSPS) is 12.7. The lowest BCUT2D eigenvalue weighted by atomic mass is 9.73. The first kappa shape index (κ1) is 34.9. The summed E-state index contributed by atoms with van der Waals surface area (Å²) in [5.41, 5.74) is 17.9. The van der Waals surface area contributed by atoms with E-state index in [1.807, 2.05) is 12.3 Å². The number of anilines is 3. The van der Waals surface area contributed by atoms with Gasteiger partial charge in [-0.25, -0.2) is 0 Å². The van der Waals surface area contributed by atoms with E-state index in [-0.39, 0.29) is 5.41 Å². The van der Waals surface area contributed by atoms with Crippen LogP contribution in [-0.4, -0.2) is 9.97 Å². The van der Waals surface area contributed by atoms with E-state index in [2.05, 4.69) is 205 Å². The van der Waals surface area contributed by atoms with E-state index in [1.165, 1.54) is 39.1 Å². The molecular weight excluding hydrogens is 679 g/mol. The maximum Gasteiger partial charge on any atom is 0.0891 e. The monoisotopic (exact) mass is 721 g/mol. The van der Waals surface area contributed by atoms with Gasteiger partial charge in [-0.2, -0.15) is 0 Å². The summed E-state index contributed by atoms with van der Waals surface area (Å²) >= 11 is 0. The zero-order chi connectivity index (χ0) is 37.9. The van der Waals surface area contributed by atoms with Gasteiger partial charge in [-0.05, 0) is 111 Å². The van der Waals surface area contributed by atoms with Crippen molar-refractivity contribution >= 4 is 29.2 Å². The average Bonchev–Trinajstić information content (AvgIpc) is 3.55. The quantitative estimate of drug-likeness (QED) is 0.132. The van der Waals surface area contributed by atoms with Crippen molar-refractivity contribution < 1.29 is 0 Å². The number of benzene rings is 7. The molecule has 0 radical (unpaired) electrons. The number of para-hydroxylation sites is 2. The van der Waals surface area contributed by atoms with E-state index in [0.717, 1.165) is 57.7 Å². The number of fused-ring (bicyclic) bond motifs is 3. The molecule has 0 spiro atoms. The second-order valence-corrected chi connectivity index (χ2v) is 14.5. The summed E-state index contributed by atoms with van der Waals surface area (Å²) in [6, 6.07) is 61.4. The lowest BCUT2D eigenvalue weighted by molar-refractivity contribution is 0.490. The Morgan fingerprint density at radius 2 is 1.04 bits per heavy atom. The van der Waals surface area contributed by atoms with Crippen LogP contribution in [0, 0.1) is 0 Å². The Hall–Kier alpha value is -6.84. The van der Waals surface area contributed by atoms with E-state index >= 15 is 0 Å². The molecule has 1 aliphatic carbocycles. The standard InChI is InChI=1S/C53H43N3/c1-3-53(4-2)50-34-39(24-29-47(50)48-31-28-45(36-51(48)53)56(43-16-10-6-11-17-43)44-18-12-7-13-19-44)21-20-38-22-25-41(26-23-38)46-30-27-42(40-14-8-5-9-15-40)35-49(46)52-37-54-32-33-55-52/h5-37H,3-4H2,1-2H3/b21-20+. The van der Waals surface area contributed by atoms with Gasteiger partial charge in [0.15, 0.2) is 0 Å². The largest absolute Gasteiger partial charge is 0.310 e. The van der Waals surface area contributed by atoms with Gasteiger partial charge in [0, 0.05) is 40.4 Å². The Labute approximate surface area is 330 Å². The van der Waals surface area contributed by atoms with Crippen LogP contribution in [0.25, 0.3) is 56.8 Å². The SMILES string of the molecule is CCC1(CC)c2cc(/C=C/c3ccc(-c4ccc(-c5ccccc5)cc4-c4cnccn4)cc3)ccc2-c2ccc(N(c3ccccc3)c3ccccc3)cc21. The number of nitrogens with zero attached hydrogens (tertiary/aromatic N) is 3. The summed E-state index contributed by atoms with van der Waals surface area (Å²) < 4.78 is 0. The van der Waals surface area contributed by atoms with Crippen molar-refractivity contribution in [3.8, 4) is 44.6 Å². The first-order valence-electron chi connectivity index (χ1n) is 19.6. The van der Waals surface area contributed by atoms with Gasteiger partial charge in [0.25, 0.3) is 0 Å². The third kappa shape index (κ3) is 6.41. The fourth-order valence-corrected chi connectivity index (χ4v) is 8.58. The van der Waals surface area contributed by atoms with Crippen LogP contribution in [0.1, 0.15) is 48.9 Å². The number of aromatic nitrogens is 2. The van der Waals surface area contributed by atoms with E-state index in [9.17, 15) is 0 Å². The number of rotatable bonds is 10. The van der Waals surface area contributed by atoms with Crippen LogP contribution in [0.15, 0.2) is 188 Å². The molecule has 0 saturated heterocycles. The van der Waals surface area contributed by atoms with E-state index in [1.54, 1.807) is 12.4 Å². The molecular formula is C53H43N3. The topological polar surface area (TPSA) is 29.0 Å². The molecule has 270 valence electrons. The highest BCUT2D eigenvalue weighted by atomic mass is 15.1. The molecule has 0 amide bonds. The van der Waals surface area contributed by atoms with Crippen LogP contribution in [-0.2, 0) is 5.41 Å². The van der Waals surface area contributed by atoms with Crippen LogP contribution >= 0.6 is 0 Å². The highest BCUT2D eigenvalue weighted by Crippen LogP contribution is 2.54. The fraction of sp³-hybridized carbons (Fsp3) is 0.0943. The minimum atomic E-state index is -0.0673. The predicted molar refractivity (Wildman–Crippen MR) is 235 cm³/mol. The maximum absolute atomic E-state index is 4.67. The molecule has 1 heterocycles. The minimum absolute atomic E-state index is 0.0673. The second kappa shape index (κ2) is 15.1. The van der Waals surface area contributed by atoms with Gasteiger partial charge in [-0.1, -0.05) is 153 Å². The summed E-state index contributed by atoms with van der Waals surface area (Å²) in [6.45, 7) is 4.69. The van der Waals surface area contributed by atoms with Gasteiger partial charge in [0.2, 0.25) is 0 Å². The van der Waals surface area contributed by atoms with Crippen molar-refractivity contribution in [2.45, 2.75) is 32.1 Å². The summed E-state index contributed by atoms with van der Waals surface area (Å²) in [6.07, 6.45) is 11.9. The minimum Gasteiger partial charge on any atom is -0.310 e. The third-order valence-corrected chi connectivity index (χ3v) is 11.5. The lowest BCUT2D eigenvalue weighted by Crippen LogP contribution is -2.23. The van der Waals surface area contributed by atoms with Crippen molar-refractivity contribution in [2.75, 3.05) is 4.90 Å². The Kier molecular flexibility index (Phi) is 9.42. The van der Waals surface area contributed by atoms with Crippen molar-refractivity contribution in [1.29, 1.82) is 0 Å². The van der Waals surface area contributed by atoms with Crippen molar-refractivity contribution in [2.24, 2.45) is 0 Å². The molecule has 0 unspecified atom stereocenters. The van der Waals surface area contributed by atoms with Crippen LogP contribution < -0.4 is 4.90 Å². The van der Waals surface area contributed by atoms with Gasteiger partial charge in [-0.15, -0.1) is 0 Å². The van der Waals surface area contributed by atoms with E-state index in [4.69, 9.17) is 0 Å². The molecule has 9 rings (SSSR count). The maximum atomic E-state index is 4.67. The molecule has 8 aromatic rings. The molecule has 1 aromatic heterocycles. The summed E-state index contributed by atoms with van der Waals surface area (Å²) in [7, 11) is 0. The van der Waals surface area contributed by atoms with Crippen molar-refractivity contribution in [3.63, 3.8) is 0 Å². The van der Waals surface area contributed by atoms with Crippen LogP contribution in [0.4, 0.5) is 17.1 Å². The Balaban J connectivity index is 1.02. The third-order valence-electron chi connectivity index (χ3n) is 11.5. The first-order chi connectivity index (χ1) is 27.6. The molecule has 7 aromatic carbocycles. The van der Waals surface area contributed by atoms with Crippen molar-refractivity contribution in [3.05, 3.63) is 211 Å². The van der Waals surface area contributed by atoms with Gasteiger partial charge in [0.05, 0.1) is 11.9 Å². The van der Waals surface area contributed by atoms with Crippen LogP contribution in [0.3, 0.4) is 0 Å². The molecule has 0 fully saturated rings. The van der Waals surface area contributed by atoms with Gasteiger partial charge < -0.3 is 4.90 Å². The van der Waals surface area contributed by atoms with E-state index in [0.29, 0.717) is 0 Å². The van der Waals surface area contributed by atoms with Gasteiger partial charge in [-0.3, -0.25) is 9.97 Å². The Bertz CT molecular complexity index is 2590. The number of hydrogen-bond donors (Lipinski definition) is 0. The first-order valence-corrected chi connectivity index (χ1v) is 19.6. The molecule has 0 N–H and O–H groups in total. The highest BCUT2D eigenvalue weighted by Gasteiger charge is 2.41. The van der Waals surface area contributed by atoms with Crippen molar-refractivity contribution in [1.82, 2.24) is 9.97 Å². The predicted octanol–water partition coefficient (Wildman–Crippen LogP) is 14.2. The van der Waals surface area contributed by atoms with E-state index < -0.39 is 0 Å². The second-order valence-electron chi connectivity index (χ2n) is 14.5. The highest BCUT2D eigenvalue weighted by molar-refractivity contribution is 5.88. The molecule has 56 heavy (non-hydrogen) atoms. The lowest BCUT2D eigenvalue weighted by Gasteiger charge is -2.32. The zero-order valence-electron chi connectivity index (χ0n) is 31.8. The number of hydrogen-bond acceptors (Lipinski definition) is 3. The molecule has 0 atom stereocenters. The molecule has 1 aliphatic rings.